The average Bonchev–Trinajstić information content (AvgIpc) is 2.39. The summed E-state index contributed by atoms with van der Waals surface area (Å²) in [5.41, 5.74) is 0. The van der Waals surface area contributed by atoms with E-state index in [4.69, 9.17) is 5.11 Å². The van der Waals surface area contributed by atoms with Crippen LogP contribution in [-0.4, -0.2) is 59.1 Å². The molecule has 0 saturated carbocycles. The van der Waals surface area contributed by atoms with Crippen LogP contribution < -0.4 is 5.32 Å². The molecule has 2 unspecified atom stereocenters. The molecule has 1 amide bonds. The van der Waals surface area contributed by atoms with Crippen LogP contribution in [0.15, 0.2) is 24.4 Å². The standard InChI is InChI=1S/C11H15N3O3/c15-8-9-7-13(6-4-12-9)10-3-1-2-5-14(10)11(16)17/h1-3,5,8-10,12H,4,6-7H2,(H,16,17). The number of carboxylic acid groups (broad SMARTS) is 1. The first kappa shape index (κ1) is 11.8. The van der Waals surface area contributed by atoms with Crippen LogP contribution in [0.5, 0.6) is 0 Å². The Labute approximate surface area is 99.2 Å². The van der Waals surface area contributed by atoms with Crippen molar-refractivity contribution < 1.29 is 14.7 Å². The Morgan fingerprint density at radius 1 is 1.47 bits per heavy atom. The number of hydrogen-bond acceptors (Lipinski definition) is 4. The molecule has 1 fully saturated rings. The lowest BCUT2D eigenvalue weighted by atomic mass is 10.2. The van der Waals surface area contributed by atoms with Crippen LogP contribution in [0.1, 0.15) is 0 Å². The van der Waals surface area contributed by atoms with Gasteiger partial charge >= 0.3 is 6.09 Å². The molecule has 6 heteroatoms. The molecule has 92 valence electrons. The summed E-state index contributed by atoms with van der Waals surface area (Å²) in [5, 5.41) is 12.2. The zero-order valence-corrected chi connectivity index (χ0v) is 9.32. The number of piperazine rings is 1. The lowest BCUT2D eigenvalue weighted by molar-refractivity contribution is -0.110. The Hall–Kier alpha value is -1.66. The predicted molar refractivity (Wildman–Crippen MR) is 61.4 cm³/mol. The van der Waals surface area contributed by atoms with E-state index < -0.39 is 6.09 Å². The molecule has 0 aromatic heterocycles. The molecule has 0 aromatic rings. The number of aldehydes is 1. The highest BCUT2D eigenvalue weighted by atomic mass is 16.4. The lowest BCUT2D eigenvalue weighted by Gasteiger charge is -2.40. The third-order valence-electron chi connectivity index (χ3n) is 2.92. The van der Waals surface area contributed by atoms with E-state index in [1.807, 2.05) is 17.1 Å². The summed E-state index contributed by atoms with van der Waals surface area (Å²) >= 11 is 0. The summed E-state index contributed by atoms with van der Waals surface area (Å²) in [6.07, 6.45) is 6.41. The Bertz CT molecular complexity index is 367. The Balaban J connectivity index is 2.09. The fourth-order valence-corrected chi connectivity index (χ4v) is 2.09. The van der Waals surface area contributed by atoms with Crippen molar-refractivity contribution >= 4 is 12.4 Å². The number of carbonyl (C=O) groups excluding carboxylic acids is 1. The summed E-state index contributed by atoms with van der Waals surface area (Å²) in [7, 11) is 0. The van der Waals surface area contributed by atoms with E-state index in [1.165, 1.54) is 11.1 Å². The second-order valence-corrected chi connectivity index (χ2v) is 4.02. The van der Waals surface area contributed by atoms with E-state index in [9.17, 15) is 9.59 Å². The van der Waals surface area contributed by atoms with Crippen LogP contribution in [0.4, 0.5) is 4.79 Å². The maximum atomic E-state index is 11.1. The highest BCUT2D eigenvalue weighted by Gasteiger charge is 2.30. The Kier molecular flexibility index (Phi) is 3.55. The van der Waals surface area contributed by atoms with Crippen LogP contribution in [0.2, 0.25) is 0 Å². The van der Waals surface area contributed by atoms with E-state index >= 15 is 0 Å². The number of nitrogens with zero attached hydrogens (tertiary/aromatic N) is 2. The highest BCUT2D eigenvalue weighted by molar-refractivity contribution is 5.67. The number of allylic oxidation sites excluding steroid dienone is 2. The van der Waals surface area contributed by atoms with Crippen LogP contribution >= 0.6 is 0 Å². The number of rotatable bonds is 2. The molecule has 2 aliphatic rings. The Morgan fingerprint density at radius 2 is 2.29 bits per heavy atom. The van der Waals surface area contributed by atoms with Crippen molar-refractivity contribution in [2.75, 3.05) is 19.6 Å². The van der Waals surface area contributed by atoms with Gasteiger partial charge in [0, 0.05) is 25.8 Å². The van der Waals surface area contributed by atoms with Gasteiger partial charge in [-0.3, -0.25) is 9.80 Å². The van der Waals surface area contributed by atoms with E-state index in [1.54, 1.807) is 6.08 Å². The van der Waals surface area contributed by atoms with Gasteiger partial charge in [-0.1, -0.05) is 6.08 Å². The third kappa shape index (κ3) is 2.54. The average molecular weight is 237 g/mol. The number of amides is 1. The first-order chi connectivity index (χ1) is 8.22. The van der Waals surface area contributed by atoms with E-state index in [0.29, 0.717) is 13.1 Å². The molecular formula is C11H15N3O3. The van der Waals surface area contributed by atoms with Crippen molar-refractivity contribution in [3.8, 4) is 0 Å². The van der Waals surface area contributed by atoms with E-state index in [0.717, 1.165) is 12.8 Å². The molecule has 6 nitrogen and oxygen atoms in total. The van der Waals surface area contributed by atoms with Crippen molar-refractivity contribution in [2.24, 2.45) is 0 Å². The van der Waals surface area contributed by atoms with Gasteiger partial charge in [0.25, 0.3) is 0 Å². The smallest absolute Gasteiger partial charge is 0.412 e. The van der Waals surface area contributed by atoms with Gasteiger partial charge in [0.05, 0.1) is 6.04 Å². The second kappa shape index (κ2) is 5.11. The quantitative estimate of drug-likeness (QED) is 0.653. The zero-order chi connectivity index (χ0) is 12.3. The minimum atomic E-state index is -0.989. The topological polar surface area (TPSA) is 72.9 Å². The first-order valence-electron chi connectivity index (χ1n) is 5.51. The molecular weight excluding hydrogens is 222 g/mol. The van der Waals surface area contributed by atoms with Crippen molar-refractivity contribution in [2.45, 2.75) is 12.2 Å². The van der Waals surface area contributed by atoms with Gasteiger partial charge < -0.3 is 15.2 Å². The van der Waals surface area contributed by atoms with Gasteiger partial charge in [-0.25, -0.2) is 4.79 Å². The van der Waals surface area contributed by atoms with Crippen molar-refractivity contribution in [3.05, 3.63) is 24.4 Å². The molecule has 0 aromatic carbocycles. The summed E-state index contributed by atoms with van der Waals surface area (Å²) in [6, 6.07) is -0.223. The summed E-state index contributed by atoms with van der Waals surface area (Å²) in [6.45, 7) is 1.93. The molecule has 0 spiro atoms. The monoisotopic (exact) mass is 237 g/mol. The second-order valence-electron chi connectivity index (χ2n) is 4.02. The molecule has 2 heterocycles. The van der Waals surface area contributed by atoms with Crippen molar-refractivity contribution in [1.29, 1.82) is 0 Å². The fourth-order valence-electron chi connectivity index (χ4n) is 2.09. The third-order valence-corrected chi connectivity index (χ3v) is 2.92. The van der Waals surface area contributed by atoms with Gasteiger partial charge in [-0.2, -0.15) is 0 Å². The van der Waals surface area contributed by atoms with Gasteiger partial charge in [-0.05, 0) is 12.2 Å². The predicted octanol–water partition coefficient (Wildman–Crippen LogP) is -0.151. The van der Waals surface area contributed by atoms with Gasteiger partial charge in [0.15, 0.2) is 0 Å². The molecule has 2 N–H and O–H groups in total. The Morgan fingerprint density at radius 3 is 3.00 bits per heavy atom. The normalized spacial score (nSPS) is 29.3. The maximum Gasteiger partial charge on any atom is 0.412 e. The number of carbonyl (C=O) groups is 2. The largest absolute Gasteiger partial charge is 0.465 e. The molecule has 2 rings (SSSR count). The summed E-state index contributed by atoms with van der Waals surface area (Å²) < 4.78 is 0. The zero-order valence-electron chi connectivity index (χ0n) is 9.32. The van der Waals surface area contributed by atoms with Gasteiger partial charge in [-0.15, -0.1) is 0 Å². The number of hydrogen-bond donors (Lipinski definition) is 2. The first-order valence-corrected chi connectivity index (χ1v) is 5.51. The van der Waals surface area contributed by atoms with Crippen LogP contribution in [0.25, 0.3) is 0 Å². The minimum Gasteiger partial charge on any atom is -0.465 e. The lowest BCUT2D eigenvalue weighted by Crippen LogP contribution is -2.58. The molecule has 0 radical (unpaired) electrons. The molecule has 0 bridgehead atoms. The molecule has 17 heavy (non-hydrogen) atoms. The molecule has 1 saturated heterocycles. The summed E-state index contributed by atoms with van der Waals surface area (Å²) in [4.78, 5) is 25.1. The SMILES string of the molecule is O=CC1CN(C2C=CC=CN2C(=O)O)CCN1. The van der Waals surface area contributed by atoms with E-state index in [2.05, 4.69) is 5.32 Å². The minimum absolute atomic E-state index is 0.223. The fraction of sp³-hybridized carbons (Fsp3) is 0.455. The number of nitrogens with one attached hydrogen (secondary N) is 1. The van der Waals surface area contributed by atoms with Crippen molar-refractivity contribution in [1.82, 2.24) is 15.1 Å². The summed E-state index contributed by atoms with van der Waals surface area (Å²) in [5.74, 6) is 0. The van der Waals surface area contributed by atoms with Crippen LogP contribution in [0, 0.1) is 0 Å². The maximum absolute atomic E-state index is 11.1. The van der Waals surface area contributed by atoms with Crippen LogP contribution in [-0.2, 0) is 4.79 Å². The van der Waals surface area contributed by atoms with E-state index in [-0.39, 0.29) is 12.2 Å². The molecule has 2 atom stereocenters. The van der Waals surface area contributed by atoms with Gasteiger partial charge in [0.1, 0.15) is 12.5 Å². The molecule has 2 aliphatic heterocycles. The van der Waals surface area contributed by atoms with Crippen molar-refractivity contribution in [3.63, 3.8) is 0 Å². The van der Waals surface area contributed by atoms with Crippen LogP contribution in [0.3, 0.4) is 0 Å². The molecule has 0 aliphatic carbocycles. The van der Waals surface area contributed by atoms with Gasteiger partial charge in [0.2, 0.25) is 0 Å². The highest BCUT2D eigenvalue weighted by Crippen LogP contribution is 2.15.